The minimum Gasteiger partial charge on any atom is -0.478 e. The fourth-order valence-corrected chi connectivity index (χ4v) is 1.25. The molecule has 70 valence electrons. The normalized spacial score (nSPS) is 14.9. The molecule has 0 aliphatic rings. The first-order valence-electron chi connectivity index (χ1n) is 3.64. The Labute approximate surface area is 84.5 Å². The molecule has 1 rings (SSSR count). The Morgan fingerprint density at radius 3 is 2.38 bits per heavy atom. The lowest BCUT2D eigenvalue weighted by atomic mass is 10.1. The van der Waals surface area contributed by atoms with Crippen molar-refractivity contribution in [3.05, 3.63) is 35.9 Å². The predicted molar refractivity (Wildman–Crippen MR) is 51.7 cm³/mol. The van der Waals surface area contributed by atoms with E-state index in [2.05, 4.69) is 15.9 Å². The summed E-state index contributed by atoms with van der Waals surface area (Å²) in [5.74, 6) is -1.07. The second-order valence-electron chi connectivity index (χ2n) is 2.47. The minimum absolute atomic E-state index is 0.560. The van der Waals surface area contributed by atoms with Crippen LogP contribution in [0, 0.1) is 0 Å². The summed E-state index contributed by atoms with van der Waals surface area (Å²) in [6.45, 7) is 0. The molecule has 0 heterocycles. The van der Waals surface area contributed by atoms with Crippen molar-refractivity contribution in [3.63, 3.8) is 0 Å². The molecule has 0 saturated carbocycles. The van der Waals surface area contributed by atoms with Crippen molar-refractivity contribution < 1.29 is 14.6 Å². The second kappa shape index (κ2) is 3.89. The molecule has 0 saturated heterocycles. The van der Waals surface area contributed by atoms with Crippen molar-refractivity contribution in [2.45, 2.75) is 4.51 Å². The Balaban J connectivity index is 3.11. The zero-order valence-corrected chi connectivity index (χ0v) is 8.61. The molecule has 0 amide bonds. The third-order valence-corrected chi connectivity index (χ3v) is 2.82. The van der Waals surface area contributed by atoms with Gasteiger partial charge in [-0.25, -0.2) is 4.79 Å². The van der Waals surface area contributed by atoms with E-state index in [0.717, 1.165) is 0 Å². The number of methoxy groups -OCH3 is 1. The zero-order valence-electron chi connectivity index (χ0n) is 7.03. The first kappa shape index (κ1) is 10.2. The molecule has 0 fully saturated rings. The number of alkyl halides is 1. The van der Waals surface area contributed by atoms with Gasteiger partial charge in [-0.05, 0) is 15.9 Å². The largest absolute Gasteiger partial charge is 0.478 e. The molecule has 0 unspecified atom stereocenters. The van der Waals surface area contributed by atoms with Crippen LogP contribution in [-0.4, -0.2) is 18.2 Å². The number of halogens is 1. The molecule has 3 nitrogen and oxygen atoms in total. The van der Waals surface area contributed by atoms with Gasteiger partial charge in [0.2, 0.25) is 4.51 Å². The van der Waals surface area contributed by atoms with E-state index in [0.29, 0.717) is 5.56 Å². The molecule has 0 aliphatic heterocycles. The van der Waals surface area contributed by atoms with Crippen molar-refractivity contribution in [1.82, 2.24) is 0 Å². The maximum absolute atomic E-state index is 10.9. The van der Waals surface area contributed by atoms with E-state index in [1.807, 2.05) is 6.07 Å². The van der Waals surface area contributed by atoms with Gasteiger partial charge in [-0.3, -0.25) is 0 Å². The Hall–Kier alpha value is -0.870. The van der Waals surface area contributed by atoms with Crippen LogP contribution in [0.15, 0.2) is 30.3 Å². The third kappa shape index (κ3) is 1.89. The summed E-state index contributed by atoms with van der Waals surface area (Å²) in [7, 11) is 1.34. The minimum atomic E-state index is -1.44. The number of ether oxygens (including phenoxy) is 1. The van der Waals surface area contributed by atoms with E-state index < -0.39 is 10.5 Å². The summed E-state index contributed by atoms with van der Waals surface area (Å²) in [5.41, 5.74) is 0.560. The number of hydrogen-bond donors (Lipinski definition) is 1. The fourth-order valence-electron chi connectivity index (χ4n) is 0.981. The summed E-state index contributed by atoms with van der Waals surface area (Å²) in [5, 5.41) is 8.91. The van der Waals surface area contributed by atoms with Gasteiger partial charge >= 0.3 is 5.97 Å². The highest BCUT2D eigenvalue weighted by atomic mass is 79.9. The Kier molecular flexibility index (Phi) is 3.06. The molecular formula is C9H9BrO3. The van der Waals surface area contributed by atoms with Crippen LogP contribution in [0.5, 0.6) is 0 Å². The van der Waals surface area contributed by atoms with Crippen LogP contribution in [-0.2, 0) is 14.0 Å². The molecule has 0 aliphatic carbocycles. The summed E-state index contributed by atoms with van der Waals surface area (Å²) in [6, 6.07) is 8.70. The van der Waals surface area contributed by atoms with Crippen molar-refractivity contribution in [1.29, 1.82) is 0 Å². The number of hydrogen-bond acceptors (Lipinski definition) is 2. The van der Waals surface area contributed by atoms with E-state index in [-0.39, 0.29) is 0 Å². The number of carboxylic acid groups (broad SMARTS) is 1. The molecule has 0 aromatic heterocycles. The van der Waals surface area contributed by atoms with E-state index in [4.69, 9.17) is 9.84 Å². The monoisotopic (exact) mass is 244 g/mol. The van der Waals surface area contributed by atoms with Crippen LogP contribution in [0.2, 0.25) is 0 Å². The molecule has 1 atom stereocenters. The number of carbonyl (C=O) groups is 1. The van der Waals surface area contributed by atoms with Crippen molar-refractivity contribution >= 4 is 21.9 Å². The SMILES string of the molecule is CO[C@@](Br)(C(=O)O)c1ccccc1. The van der Waals surface area contributed by atoms with Gasteiger partial charge in [-0.15, -0.1) is 0 Å². The summed E-state index contributed by atoms with van der Waals surface area (Å²) < 4.78 is 3.47. The van der Waals surface area contributed by atoms with Gasteiger partial charge < -0.3 is 9.84 Å². The molecule has 0 bridgehead atoms. The molecule has 0 radical (unpaired) electrons. The lowest BCUT2D eigenvalue weighted by molar-refractivity contribution is -0.151. The van der Waals surface area contributed by atoms with E-state index in [1.54, 1.807) is 24.3 Å². The average molecular weight is 245 g/mol. The van der Waals surface area contributed by atoms with Crippen molar-refractivity contribution in [3.8, 4) is 0 Å². The number of carboxylic acids is 1. The maximum atomic E-state index is 10.9. The van der Waals surface area contributed by atoms with Crippen LogP contribution >= 0.6 is 15.9 Å². The quantitative estimate of drug-likeness (QED) is 0.828. The second-order valence-corrected chi connectivity index (χ2v) is 3.59. The van der Waals surface area contributed by atoms with Crippen LogP contribution in [0.25, 0.3) is 0 Å². The van der Waals surface area contributed by atoms with E-state index in [9.17, 15) is 4.79 Å². The summed E-state index contributed by atoms with van der Waals surface area (Å²) in [4.78, 5) is 10.9. The molecule has 1 aromatic rings. The van der Waals surface area contributed by atoms with Gasteiger partial charge in [0.05, 0.1) is 0 Å². The fraction of sp³-hybridized carbons (Fsp3) is 0.222. The standard InChI is InChI=1S/C9H9BrO3/c1-13-9(10,8(11)12)7-5-3-2-4-6-7/h2-6H,1H3,(H,11,12)/t9-/m1/s1. The van der Waals surface area contributed by atoms with Gasteiger partial charge in [0.1, 0.15) is 0 Å². The van der Waals surface area contributed by atoms with Crippen molar-refractivity contribution in [2.24, 2.45) is 0 Å². The highest BCUT2D eigenvalue weighted by Gasteiger charge is 2.37. The highest BCUT2D eigenvalue weighted by molar-refractivity contribution is 9.10. The van der Waals surface area contributed by atoms with Crippen LogP contribution in [0.4, 0.5) is 0 Å². The molecule has 1 aromatic carbocycles. The maximum Gasteiger partial charge on any atom is 0.352 e. The lowest BCUT2D eigenvalue weighted by Crippen LogP contribution is -2.30. The van der Waals surface area contributed by atoms with Gasteiger partial charge in [0.15, 0.2) is 0 Å². The van der Waals surface area contributed by atoms with E-state index in [1.165, 1.54) is 7.11 Å². The first-order valence-corrected chi connectivity index (χ1v) is 4.43. The van der Waals surface area contributed by atoms with Gasteiger partial charge in [0, 0.05) is 12.7 Å². The molecular weight excluding hydrogens is 236 g/mol. The number of benzene rings is 1. The Bertz CT molecular complexity index is 299. The summed E-state index contributed by atoms with van der Waals surface area (Å²) >= 11 is 3.04. The van der Waals surface area contributed by atoms with Crippen LogP contribution in [0.3, 0.4) is 0 Å². The van der Waals surface area contributed by atoms with E-state index >= 15 is 0 Å². The first-order chi connectivity index (χ1) is 6.11. The van der Waals surface area contributed by atoms with Crippen molar-refractivity contribution in [2.75, 3.05) is 7.11 Å². The predicted octanol–water partition coefficient (Wildman–Crippen LogP) is 1.97. The topological polar surface area (TPSA) is 46.5 Å². The highest BCUT2D eigenvalue weighted by Crippen LogP contribution is 2.31. The Morgan fingerprint density at radius 2 is 2.00 bits per heavy atom. The molecule has 1 N–H and O–H groups in total. The zero-order chi connectivity index (χ0) is 9.90. The molecule has 4 heteroatoms. The number of aliphatic carboxylic acids is 1. The molecule has 13 heavy (non-hydrogen) atoms. The lowest BCUT2D eigenvalue weighted by Gasteiger charge is -2.20. The Morgan fingerprint density at radius 1 is 1.46 bits per heavy atom. The van der Waals surface area contributed by atoms with Crippen LogP contribution in [0.1, 0.15) is 5.56 Å². The summed E-state index contributed by atoms with van der Waals surface area (Å²) in [6.07, 6.45) is 0. The van der Waals surface area contributed by atoms with Gasteiger partial charge in [0.25, 0.3) is 0 Å². The number of rotatable bonds is 3. The molecule has 0 spiro atoms. The van der Waals surface area contributed by atoms with Gasteiger partial charge in [-0.1, -0.05) is 30.3 Å². The van der Waals surface area contributed by atoms with Crippen LogP contribution < -0.4 is 0 Å². The smallest absolute Gasteiger partial charge is 0.352 e. The van der Waals surface area contributed by atoms with Gasteiger partial charge in [-0.2, -0.15) is 0 Å². The average Bonchev–Trinajstić information content (AvgIpc) is 2.17. The third-order valence-electron chi connectivity index (χ3n) is 1.70.